The molecule has 0 heterocycles. The molecule has 132 valence electrons. The molecule has 2 unspecified atom stereocenters. The fraction of sp³-hybridized carbons (Fsp3) is 0.789. The van der Waals surface area contributed by atoms with Gasteiger partial charge in [-0.15, -0.1) is 0 Å². The van der Waals surface area contributed by atoms with Gasteiger partial charge in [0.25, 0.3) is 0 Å². The van der Waals surface area contributed by atoms with Gasteiger partial charge in [-0.05, 0) is 56.8 Å². The molecule has 1 aliphatic rings. The molecule has 4 heteroatoms. The van der Waals surface area contributed by atoms with E-state index in [1.54, 1.807) is 0 Å². The normalized spacial score (nSPS) is 25.7. The van der Waals surface area contributed by atoms with Gasteiger partial charge in [0.1, 0.15) is 5.60 Å². The van der Waals surface area contributed by atoms with Gasteiger partial charge in [-0.3, -0.25) is 0 Å². The van der Waals surface area contributed by atoms with Crippen LogP contribution in [-0.2, 0) is 14.3 Å². The van der Waals surface area contributed by atoms with Crippen LogP contribution in [0.15, 0.2) is 12.2 Å². The first-order valence-corrected chi connectivity index (χ1v) is 8.96. The summed E-state index contributed by atoms with van der Waals surface area (Å²) in [6.45, 7) is 8.67. The molecule has 0 aromatic carbocycles. The first-order chi connectivity index (χ1) is 10.8. The summed E-state index contributed by atoms with van der Waals surface area (Å²) in [5, 5.41) is 8.62. The van der Waals surface area contributed by atoms with Crippen LogP contribution in [0, 0.1) is 17.8 Å². The predicted octanol–water partition coefficient (Wildman–Crippen LogP) is 4.58. The van der Waals surface area contributed by atoms with Crippen molar-refractivity contribution in [2.75, 3.05) is 0 Å². The Morgan fingerprint density at radius 1 is 1.22 bits per heavy atom. The zero-order valence-corrected chi connectivity index (χ0v) is 15.0. The highest BCUT2D eigenvalue weighted by molar-refractivity contribution is 5.90. The molecular formula is C19H32O4. The second-order valence-electron chi connectivity index (χ2n) is 7.15. The van der Waals surface area contributed by atoms with Gasteiger partial charge in [0, 0.05) is 12.2 Å². The smallest absolute Gasteiger partial charge is 0.331 e. The van der Waals surface area contributed by atoms with E-state index in [0.717, 1.165) is 49.7 Å². The molecule has 1 N–H and O–H groups in total. The van der Waals surface area contributed by atoms with Gasteiger partial charge in [0.05, 0.1) is 0 Å². The molecule has 0 amide bonds. The second-order valence-corrected chi connectivity index (χ2v) is 7.15. The van der Waals surface area contributed by atoms with Crippen LogP contribution >= 0.6 is 0 Å². The molecule has 0 aromatic rings. The molecular weight excluding hydrogens is 292 g/mol. The highest BCUT2D eigenvalue weighted by Crippen LogP contribution is 2.42. The maximum Gasteiger partial charge on any atom is 0.331 e. The Morgan fingerprint density at radius 2 is 1.83 bits per heavy atom. The van der Waals surface area contributed by atoms with Crippen LogP contribution in [0.2, 0.25) is 0 Å². The maximum absolute atomic E-state index is 11.9. The molecule has 1 rings (SSSR count). The summed E-state index contributed by atoms with van der Waals surface area (Å²) in [5.74, 6) is 0.227. The van der Waals surface area contributed by atoms with Crippen molar-refractivity contribution < 1.29 is 19.4 Å². The summed E-state index contributed by atoms with van der Waals surface area (Å²) in [5.41, 5.74) is -0.491. The summed E-state index contributed by atoms with van der Waals surface area (Å²) >= 11 is 0. The van der Waals surface area contributed by atoms with Gasteiger partial charge in [-0.1, -0.05) is 33.6 Å². The second kappa shape index (κ2) is 9.09. The van der Waals surface area contributed by atoms with E-state index in [2.05, 4.69) is 20.8 Å². The van der Waals surface area contributed by atoms with Crippen molar-refractivity contribution in [1.82, 2.24) is 0 Å². The molecule has 0 spiro atoms. The minimum atomic E-state index is -1.13. The lowest BCUT2D eigenvalue weighted by Crippen LogP contribution is -2.41. The van der Waals surface area contributed by atoms with E-state index in [9.17, 15) is 9.59 Å². The molecule has 1 saturated carbocycles. The topological polar surface area (TPSA) is 63.6 Å². The largest absolute Gasteiger partial charge is 0.478 e. The third kappa shape index (κ3) is 6.00. The SMILES string of the molecule is CCCC(C)(OC(=O)/C=C/C(=O)O)C1CCC(C(C)CC)CC1. The molecule has 1 fully saturated rings. The Hall–Kier alpha value is -1.32. The minimum absolute atomic E-state index is 0.366. The Labute approximate surface area is 140 Å². The highest BCUT2D eigenvalue weighted by atomic mass is 16.6. The Balaban J connectivity index is 2.70. The zero-order valence-electron chi connectivity index (χ0n) is 15.0. The third-order valence-electron chi connectivity index (χ3n) is 5.53. The molecule has 0 bridgehead atoms. The number of carbonyl (C=O) groups is 2. The first kappa shape index (κ1) is 19.7. The van der Waals surface area contributed by atoms with Crippen LogP contribution in [-0.4, -0.2) is 22.6 Å². The molecule has 0 radical (unpaired) electrons. The van der Waals surface area contributed by atoms with Crippen LogP contribution in [0.5, 0.6) is 0 Å². The zero-order chi connectivity index (χ0) is 17.5. The van der Waals surface area contributed by atoms with Crippen molar-refractivity contribution in [2.24, 2.45) is 17.8 Å². The van der Waals surface area contributed by atoms with Gasteiger partial charge < -0.3 is 9.84 Å². The van der Waals surface area contributed by atoms with Crippen molar-refractivity contribution in [1.29, 1.82) is 0 Å². The molecule has 1 aliphatic carbocycles. The lowest BCUT2D eigenvalue weighted by atomic mass is 9.69. The molecule has 4 nitrogen and oxygen atoms in total. The van der Waals surface area contributed by atoms with Crippen LogP contribution in [0.3, 0.4) is 0 Å². The number of hydrogen-bond donors (Lipinski definition) is 1. The summed E-state index contributed by atoms with van der Waals surface area (Å²) in [7, 11) is 0. The fourth-order valence-corrected chi connectivity index (χ4v) is 3.87. The summed E-state index contributed by atoms with van der Waals surface area (Å²) < 4.78 is 5.70. The number of aliphatic carboxylic acids is 1. The number of carboxylic acid groups (broad SMARTS) is 1. The van der Waals surface area contributed by atoms with Crippen molar-refractivity contribution >= 4 is 11.9 Å². The Morgan fingerprint density at radius 3 is 2.30 bits per heavy atom. The quantitative estimate of drug-likeness (QED) is 0.524. The Kier molecular flexibility index (Phi) is 7.80. The van der Waals surface area contributed by atoms with Crippen molar-refractivity contribution in [3.05, 3.63) is 12.2 Å². The Bertz CT molecular complexity index is 421. The fourth-order valence-electron chi connectivity index (χ4n) is 3.87. The lowest BCUT2D eigenvalue weighted by molar-refractivity contribution is -0.161. The average molecular weight is 324 g/mol. The van der Waals surface area contributed by atoms with Gasteiger partial charge in [-0.25, -0.2) is 9.59 Å². The van der Waals surface area contributed by atoms with E-state index >= 15 is 0 Å². The minimum Gasteiger partial charge on any atom is -0.478 e. The van der Waals surface area contributed by atoms with E-state index < -0.39 is 17.5 Å². The molecule has 0 aromatic heterocycles. The van der Waals surface area contributed by atoms with Crippen LogP contribution in [0.4, 0.5) is 0 Å². The molecule has 23 heavy (non-hydrogen) atoms. The molecule has 0 saturated heterocycles. The third-order valence-corrected chi connectivity index (χ3v) is 5.53. The number of carboxylic acids is 1. The average Bonchev–Trinajstić information content (AvgIpc) is 2.52. The standard InChI is InChI=1S/C19H32O4/c1-5-13-19(4,23-18(22)12-11-17(20)21)16-9-7-15(8-10-16)14(3)6-2/h11-12,14-16H,5-10,13H2,1-4H3,(H,20,21)/b12-11+. The number of rotatable bonds is 8. The summed E-state index contributed by atoms with van der Waals surface area (Å²) in [4.78, 5) is 22.5. The van der Waals surface area contributed by atoms with Crippen molar-refractivity contribution in [3.8, 4) is 0 Å². The number of esters is 1. The van der Waals surface area contributed by atoms with Crippen molar-refractivity contribution in [2.45, 2.75) is 78.2 Å². The summed E-state index contributed by atoms with van der Waals surface area (Å²) in [6, 6.07) is 0. The van der Waals surface area contributed by atoms with Crippen LogP contribution in [0.1, 0.15) is 72.6 Å². The van der Waals surface area contributed by atoms with Crippen LogP contribution < -0.4 is 0 Å². The number of hydrogen-bond acceptors (Lipinski definition) is 3. The predicted molar refractivity (Wildman–Crippen MR) is 91.1 cm³/mol. The van der Waals surface area contributed by atoms with E-state index in [-0.39, 0.29) is 0 Å². The van der Waals surface area contributed by atoms with E-state index in [1.165, 1.54) is 19.3 Å². The number of carbonyl (C=O) groups excluding carboxylic acids is 1. The van der Waals surface area contributed by atoms with Gasteiger partial charge in [-0.2, -0.15) is 0 Å². The van der Waals surface area contributed by atoms with Crippen molar-refractivity contribution in [3.63, 3.8) is 0 Å². The highest BCUT2D eigenvalue weighted by Gasteiger charge is 2.39. The van der Waals surface area contributed by atoms with Crippen LogP contribution in [0.25, 0.3) is 0 Å². The lowest BCUT2D eigenvalue weighted by Gasteiger charge is -2.42. The van der Waals surface area contributed by atoms with E-state index in [1.807, 2.05) is 6.92 Å². The van der Waals surface area contributed by atoms with E-state index in [0.29, 0.717) is 5.92 Å². The van der Waals surface area contributed by atoms with Gasteiger partial charge in [0.2, 0.25) is 0 Å². The monoisotopic (exact) mass is 324 g/mol. The molecule has 0 aliphatic heterocycles. The number of ether oxygens (including phenoxy) is 1. The van der Waals surface area contributed by atoms with E-state index in [4.69, 9.17) is 9.84 Å². The summed E-state index contributed by atoms with van der Waals surface area (Å²) in [6.07, 6.45) is 9.40. The molecule has 2 atom stereocenters. The van der Waals surface area contributed by atoms with Gasteiger partial charge >= 0.3 is 11.9 Å². The maximum atomic E-state index is 11.9. The first-order valence-electron chi connectivity index (χ1n) is 8.96. The van der Waals surface area contributed by atoms with Gasteiger partial charge in [0.15, 0.2) is 0 Å².